The van der Waals surface area contributed by atoms with Gasteiger partial charge in [-0.05, 0) is 54.5 Å². The summed E-state index contributed by atoms with van der Waals surface area (Å²) in [6.07, 6.45) is 2.44. The zero-order chi connectivity index (χ0) is 12.1. The Morgan fingerprint density at radius 3 is 2.59 bits per heavy atom. The van der Waals surface area contributed by atoms with Crippen LogP contribution >= 0.6 is 23.4 Å². The van der Waals surface area contributed by atoms with Crippen molar-refractivity contribution in [2.45, 2.75) is 18.9 Å². The van der Waals surface area contributed by atoms with Gasteiger partial charge in [0.1, 0.15) is 12.4 Å². The Hall–Kier alpha value is -0.380. The third-order valence-corrected chi connectivity index (χ3v) is 4.43. The lowest BCUT2D eigenvalue weighted by Gasteiger charge is -2.27. The Morgan fingerprint density at radius 2 is 1.94 bits per heavy atom. The van der Waals surface area contributed by atoms with Crippen molar-refractivity contribution in [1.82, 2.24) is 0 Å². The van der Waals surface area contributed by atoms with Crippen LogP contribution in [0.2, 0.25) is 5.02 Å². The van der Waals surface area contributed by atoms with Gasteiger partial charge in [-0.15, -0.1) is 0 Å². The van der Waals surface area contributed by atoms with Crippen LogP contribution in [0.5, 0.6) is 5.75 Å². The molecule has 2 rings (SSSR count). The zero-order valence-corrected chi connectivity index (χ0v) is 11.3. The molecule has 0 aliphatic carbocycles. The van der Waals surface area contributed by atoms with Gasteiger partial charge in [0.15, 0.2) is 0 Å². The first-order chi connectivity index (χ1) is 8.25. The second-order valence-electron chi connectivity index (χ2n) is 4.38. The Kier molecular flexibility index (Phi) is 5.01. The van der Waals surface area contributed by atoms with E-state index in [4.69, 9.17) is 22.1 Å². The Bertz CT molecular complexity index is 338. The fourth-order valence-corrected chi connectivity index (χ4v) is 3.27. The molecule has 17 heavy (non-hydrogen) atoms. The highest BCUT2D eigenvalue weighted by Crippen LogP contribution is 2.25. The zero-order valence-electron chi connectivity index (χ0n) is 9.77. The predicted molar refractivity (Wildman–Crippen MR) is 75.0 cm³/mol. The maximum atomic E-state index is 6.17. The summed E-state index contributed by atoms with van der Waals surface area (Å²) in [6.45, 7) is 0.594. The Morgan fingerprint density at radius 1 is 1.29 bits per heavy atom. The first kappa shape index (κ1) is 13.1. The molecule has 0 spiro atoms. The van der Waals surface area contributed by atoms with Crippen molar-refractivity contribution in [2.24, 2.45) is 11.7 Å². The molecule has 1 fully saturated rings. The summed E-state index contributed by atoms with van der Waals surface area (Å²) in [5.41, 5.74) is 6.17. The molecule has 2 N–H and O–H groups in total. The lowest BCUT2D eigenvalue weighted by Crippen LogP contribution is -2.37. The van der Waals surface area contributed by atoms with Crippen LogP contribution < -0.4 is 10.5 Å². The van der Waals surface area contributed by atoms with Crippen LogP contribution in [-0.2, 0) is 0 Å². The van der Waals surface area contributed by atoms with Crippen LogP contribution in [0.15, 0.2) is 24.3 Å². The summed E-state index contributed by atoms with van der Waals surface area (Å²) in [5, 5.41) is 0.728. The summed E-state index contributed by atoms with van der Waals surface area (Å²) in [6, 6.07) is 7.57. The topological polar surface area (TPSA) is 35.2 Å². The van der Waals surface area contributed by atoms with Crippen molar-refractivity contribution in [1.29, 1.82) is 0 Å². The molecule has 1 aliphatic heterocycles. The maximum absolute atomic E-state index is 6.17. The molecule has 1 aromatic rings. The van der Waals surface area contributed by atoms with Crippen molar-refractivity contribution >= 4 is 23.4 Å². The van der Waals surface area contributed by atoms with Crippen molar-refractivity contribution in [3.8, 4) is 5.75 Å². The maximum Gasteiger partial charge on any atom is 0.119 e. The Labute approximate surface area is 112 Å². The van der Waals surface area contributed by atoms with Gasteiger partial charge in [0.2, 0.25) is 0 Å². The highest BCUT2D eigenvalue weighted by Gasteiger charge is 2.21. The van der Waals surface area contributed by atoms with Crippen LogP contribution in [0.1, 0.15) is 12.8 Å². The van der Waals surface area contributed by atoms with Crippen molar-refractivity contribution in [3.63, 3.8) is 0 Å². The van der Waals surface area contributed by atoms with Crippen molar-refractivity contribution in [2.75, 3.05) is 18.1 Å². The lowest BCUT2D eigenvalue weighted by molar-refractivity contribution is 0.239. The standard InChI is InChI=1S/C13H18ClNOS/c14-11-1-3-12(4-2-11)16-9-13(15)10-5-7-17-8-6-10/h1-4,10,13H,5-9,15H2. The molecule has 0 bridgehead atoms. The molecule has 0 saturated carbocycles. The van der Waals surface area contributed by atoms with Gasteiger partial charge < -0.3 is 10.5 Å². The van der Waals surface area contributed by atoms with Crippen LogP contribution in [0.3, 0.4) is 0 Å². The number of rotatable bonds is 4. The quantitative estimate of drug-likeness (QED) is 0.913. The molecule has 1 heterocycles. The minimum absolute atomic E-state index is 0.145. The fraction of sp³-hybridized carbons (Fsp3) is 0.538. The molecular formula is C13H18ClNOS. The minimum atomic E-state index is 0.145. The average molecular weight is 272 g/mol. The largest absolute Gasteiger partial charge is 0.492 e. The van der Waals surface area contributed by atoms with E-state index in [0.29, 0.717) is 12.5 Å². The summed E-state index contributed by atoms with van der Waals surface area (Å²) in [5.74, 6) is 3.93. The number of halogens is 1. The van der Waals surface area contributed by atoms with E-state index < -0.39 is 0 Å². The molecule has 94 valence electrons. The van der Waals surface area contributed by atoms with Crippen LogP contribution in [0.4, 0.5) is 0 Å². The van der Waals surface area contributed by atoms with Gasteiger partial charge in [0.25, 0.3) is 0 Å². The Balaban J connectivity index is 1.78. The first-order valence-electron chi connectivity index (χ1n) is 5.97. The van der Waals surface area contributed by atoms with Gasteiger partial charge in [0, 0.05) is 11.1 Å². The molecule has 1 aliphatic rings. The molecule has 0 radical (unpaired) electrons. The summed E-state index contributed by atoms with van der Waals surface area (Å²) in [4.78, 5) is 0. The fourth-order valence-electron chi connectivity index (χ4n) is 2.00. The number of hydrogen-bond donors (Lipinski definition) is 1. The molecular weight excluding hydrogens is 254 g/mol. The lowest BCUT2D eigenvalue weighted by atomic mass is 9.95. The summed E-state index contributed by atoms with van der Waals surface area (Å²) >= 11 is 7.83. The van der Waals surface area contributed by atoms with Crippen molar-refractivity contribution < 1.29 is 4.74 Å². The molecule has 1 saturated heterocycles. The summed E-state index contributed by atoms with van der Waals surface area (Å²) in [7, 11) is 0. The van der Waals surface area contributed by atoms with Crippen molar-refractivity contribution in [3.05, 3.63) is 29.3 Å². The van der Waals surface area contributed by atoms with E-state index in [9.17, 15) is 0 Å². The first-order valence-corrected chi connectivity index (χ1v) is 7.50. The van der Waals surface area contributed by atoms with Gasteiger partial charge in [0.05, 0.1) is 0 Å². The smallest absolute Gasteiger partial charge is 0.119 e. The number of ether oxygens (including phenoxy) is 1. The SMILES string of the molecule is NC(COc1ccc(Cl)cc1)C1CCSCC1. The van der Waals surface area contributed by atoms with Crippen LogP contribution in [0.25, 0.3) is 0 Å². The average Bonchev–Trinajstić information content (AvgIpc) is 2.39. The molecule has 2 nitrogen and oxygen atoms in total. The second kappa shape index (κ2) is 6.53. The summed E-state index contributed by atoms with van der Waals surface area (Å²) < 4.78 is 5.69. The molecule has 0 amide bonds. The number of benzene rings is 1. The normalized spacial score (nSPS) is 18.9. The van der Waals surface area contributed by atoms with Gasteiger partial charge in [-0.2, -0.15) is 11.8 Å². The van der Waals surface area contributed by atoms with Gasteiger partial charge in [-0.3, -0.25) is 0 Å². The second-order valence-corrected chi connectivity index (χ2v) is 6.04. The minimum Gasteiger partial charge on any atom is -0.492 e. The van der Waals surface area contributed by atoms with E-state index in [0.717, 1.165) is 10.8 Å². The van der Waals surface area contributed by atoms with E-state index >= 15 is 0 Å². The van der Waals surface area contributed by atoms with Gasteiger partial charge >= 0.3 is 0 Å². The molecule has 0 aromatic heterocycles. The molecule has 1 unspecified atom stereocenters. The highest BCUT2D eigenvalue weighted by molar-refractivity contribution is 7.99. The van der Waals surface area contributed by atoms with Gasteiger partial charge in [-0.25, -0.2) is 0 Å². The predicted octanol–water partition coefficient (Wildman–Crippen LogP) is 3.19. The number of hydrogen-bond acceptors (Lipinski definition) is 3. The number of thioether (sulfide) groups is 1. The van der Waals surface area contributed by atoms with Crippen LogP contribution in [-0.4, -0.2) is 24.2 Å². The third kappa shape index (κ3) is 4.09. The van der Waals surface area contributed by atoms with E-state index in [1.807, 2.05) is 36.0 Å². The highest BCUT2D eigenvalue weighted by atomic mass is 35.5. The van der Waals surface area contributed by atoms with Crippen LogP contribution in [0, 0.1) is 5.92 Å². The van der Waals surface area contributed by atoms with E-state index in [-0.39, 0.29) is 6.04 Å². The molecule has 1 atom stereocenters. The van der Waals surface area contributed by atoms with E-state index in [1.165, 1.54) is 24.3 Å². The van der Waals surface area contributed by atoms with E-state index in [2.05, 4.69) is 0 Å². The number of nitrogens with two attached hydrogens (primary N) is 1. The molecule has 1 aromatic carbocycles. The monoisotopic (exact) mass is 271 g/mol. The van der Waals surface area contributed by atoms with E-state index in [1.54, 1.807) is 0 Å². The van der Waals surface area contributed by atoms with Gasteiger partial charge in [-0.1, -0.05) is 11.6 Å². The molecule has 4 heteroatoms. The third-order valence-electron chi connectivity index (χ3n) is 3.13.